The van der Waals surface area contributed by atoms with Crippen LogP contribution in [0.25, 0.3) is 11.0 Å². The first kappa shape index (κ1) is 13.4. The maximum Gasteiger partial charge on any atom is 0.264 e. The molecule has 0 spiro atoms. The van der Waals surface area contributed by atoms with E-state index in [9.17, 15) is 13.5 Å². The highest BCUT2D eigenvalue weighted by Crippen LogP contribution is 2.26. The lowest BCUT2D eigenvalue weighted by molar-refractivity contribution is 0.471. The average Bonchev–Trinajstić information content (AvgIpc) is 2.87. The van der Waals surface area contributed by atoms with Gasteiger partial charge in [-0.05, 0) is 30.7 Å². The number of nitrogens with one attached hydrogen (secondary N) is 2. The van der Waals surface area contributed by atoms with E-state index in [1.807, 2.05) is 0 Å². The van der Waals surface area contributed by atoms with Gasteiger partial charge in [-0.3, -0.25) is 4.72 Å². The minimum absolute atomic E-state index is 0.0378. The van der Waals surface area contributed by atoms with Crippen molar-refractivity contribution in [3.63, 3.8) is 0 Å². The summed E-state index contributed by atoms with van der Waals surface area (Å²) in [5, 5.41) is 10.2. The molecule has 0 aliphatic carbocycles. The Morgan fingerprint density at radius 1 is 1.29 bits per heavy atom. The Kier molecular flexibility index (Phi) is 3.06. The van der Waals surface area contributed by atoms with Crippen molar-refractivity contribution in [2.24, 2.45) is 0 Å². The zero-order valence-electron chi connectivity index (χ0n) is 11.2. The number of pyridine rings is 1. The SMILES string of the molecule is Cc1ccc(NS(=O)(=O)c2c[nH]c3ncccc23)cc1O. The molecule has 0 amide bonds. The summed E-state index contributed by atoms with van der Waals surface area (Å²) in [5.74, 6) is 0.0378. The fourth-order valence-corrected chi connectivity index (χ4v) is 3.25. The van der Waals surface area contributed by atoms with Crippen LogP contribution in [0.1, 0.15) is 5.56 Å². The van der Waals surface area contributed by atoms with Crippen LogP contribution < -0.4 is 4.72 Å². The zero-order valence-corrected chi connectivity index (χ0v) is 12.0. The summed E-state index contributed by atoms with van der Waals surface area (Å²) in [6.07, 6.45) is 2.98. The second kappa shape index (κ2) is 4.78. The number of hydrogen-bond acceptors (Lipinski definition) is 4. The van der Waals surface area contributed by atoms with E-state index in [-0.39, 0.29) is 10.6 Å². The Bertz CT molecular complexity index is 916. The van der Waals surface area contributed by atoms with Gasteiger partial charge in [0, 0.05) is 23.8 Å². The molecule has 0 aliphatic rings. The summed E-state index contributed by atoms with van der Waals surface area (Å²) in [4.78, 5) is 7.00. The van der Waals surface area contributed by atoms with E-state index in [1.165, 1.54) is 12.3 Å². The molecule has 0 atom stereocenters. The molecule has 3 rings (SSSR count). The molecular formula is C14H13N3O3S. The number of aromatic nitrogens is 2. The number of sulfonamides is 1. The first-order valence-corrected chi connectivity index (χ1v) is 7.70. The predicted molar refractivity (Wildman–Crippen MR) is 79.7 cm³/mol. The number of rotatable bonds is 3. The number of aromatic hydroxyl groups is 1. The van der Waals surface area contributed by atoms with Crippen molar-refractivity contribution in [1.82, 2.24) is 9.97 Å². The van der Waals surface area contributed by atoms with Gasteiger partial charge in [0.1, 0.15) is 16.3 Å². The van der Waals surface area contributed by atoms with Crippen LogP contribution >= 0.6 is 0 Å². The highest BCUT2D eigenvalue weighted by atomic mass is 32.2. The Labute approximate surface area is 121 Å². The van der Waals surface area contributed by atoms with Crippen LogP contribution in [0.4, 0.5) is 5.69 Å². The summed E-state index contributed by atoms with van der Waals surface area (Å²) < 4.78 is 27.3. The molecule has 0 aliphatic heterocycles. The number of phenolic OH excluding ortho intramolecular Hbond substituents is 1. The monoisotopic (exact) mass is 303 g/mol. The first-order valence-electron chi connectivity index (χ1n) is 6.22. The maximum atomic E-state index is 12.4. The van der Waals surface area contributed by atoms with Crippen LogP contribution in [0.3, 0.4) is 0 Å². The molecule has 0 saturated heterocycles. The van der Waals surface area contributed by atoms with Gasteiger partial charge in [0.25, 0.3) is 10.0 Å². The van der Waals surface area contributed by atoms with Crippen LogP contribution in [0.5, 0.6) is 5.75 Å². The molecule has 1 aromatic carbocycles. The fourth-order valence-electron chi connectivity index (χ4n) is 2.04. The minimum Gasteiger partial charge on any atom is -0.508 e. The summed E-state index contributed by atoms with van der Waals surface area (Å²) in [6, 6.07) is 7.97. The van der Waals surface area contributed by atoms with Gasteiger partial charge in [0.05, 0.1) is 5.69 Å². The predicted octanol–water partition coefficient (Wildman–Crippen LogP) is 2.38. The van der Waals surface area contributed by atoms with Crippen LogP contribution in [0.15, 0.2) is 47.6 Å². The first-order chi connectivity index (χ1) is 9.97. The lowest BCUT2D eigenvalue weighted by Gasteiger charge is -2.08. The fraction of sp³-hybridized carbons (Fsp3) is 0.0714. The van der Waals surface area contributed by atoms with Crippen molar-refractivity contribution in [2.75, 3.05) is 4.72 Å². The Morgan fingerprint density at radius 3 is 2.86 bits per heavy atom. The van der Waals surface area contributed by atoms with Gasteiger partial charge in [-0.2, -0.15) is 0 Å². The lowest BCUT2D eigenvalue weighted by Crippen LogP contribution is -2.12. The Morgan fingerprint density at radius 2 is 2.10 bits per heavy atom. The van der Waals surface area contributed by atoms with Crippen LogP contribution in [-0.2, 0) is 10.0 Å². The molecule has 6 nitrogen and oxygen atoms in total. The Hall–Kier alpha value is -2.54. The van der Waals surface area contributed by atoms with Gasteiger partial charge in [0.2, 0.25) is 0 Å². The molecule has 2 aromatic heterocycles. The van der Waals surface area contributed by atoms with Crippen molar-refractivity contribution in [3.05, 3.63) is 48.3 Å². The van der Waals surface area contributed by atoms with Gasteiger partial charge < -0.3 is 10.1 Å². The molecule has 21 heavy (non-hydrogen) atoms. The summed E-state index contributed by atoms with van der Waals surface area (Å²) >= 11 is 0. The third kappa shape index (κ3) is 2.43. The topological polar surface area (TPSA) is 95.1 Å². The number of nitrogens with zero attached hydrogens (tertiary/aromatic N) is 1. The van der Waals surface area contributed by atoms with E-state index >= 15 is 0 Å². The van der Waals surface area contributed by atoms with E-state index in [4.69, 9.17) is 0 Å². The molecule has 0 bridgehead atoms. The van der Waals surface area contributed by atoms with Gasteiger partial charge in [-0.25, -0.2) is 13.4 Å². The van der Waals surface area contributed by atoms with Gasteiger partial charge in [0.15, 0.2) is 0 Å². The molecule has 3 aromatic rings. The highest BCUT2D eigenvalue weighted by molar-refractivity contribution is 7.93. The normalized spacial score (nSPS) is 11.7. The number of fused-ring (bicyclic) bond motifs is 1. The molecule has 0 radical (unpaired) electrons. The molecule has 2 heterocycles. The molecule has 108 valence electrons. The lowest BCUT2D eigenvalue weighted by atomic mass is 10.2. The van der Waals surface area contributed by atoms with Crippen molar-refractivity contribution in [1.29, 1.82) is 0 Å². The number of aromatic amines is 1. The third-order valence-electron chi connectivity index (χ3n) is 3.16. The molecule has 0 fully saturated rings. The standard InChI is InChI=1S/C14H13N3O3S/c1-9-4-5-10(7-12(9)18)17-21(19,20)13-8-16-14-11(13)3-2-6-15-14/h2-8,17-18H,1H3,(H,15,16). The molecule has 3 N–H and O–H groups in total. The number of aryl methyl sites for hydroxylation is 1. The largest absolute Gasteiger partial charge is 0.508 e. The number of benzene rings is 1. The van der Waals surface area contributed by atoms with E-state index in [2.05, 4.69) is 14.7 Å². The molecule has 0 unspecified atom stereocenters. The van der Waals surface area contributed by atoms with Gasteiger partial charge in [-0.15, -0.1) is 0 Å². The summed E-state index contributed by atoms with van der Waals surface area (Å²) in [7, 11) is -3.76. The van der Waals surface area contributed by atoms with Crippen molar-refractivity contribution in [3.8, 4) is 5.75 Å². The van der Waals surface area contributed by atoms with Crippen molar-refractivity contribution >= 4 is 26.7 Å². The second-order valence-corrected chi connectivity index (χ2v) is 6.31. The Balaban J connectivity index is 2.02. The van der Waals surface area contributed by atoms with E-state index < -0.39 is 10.0 Å². The summed E-state index contributed by atoms with van der Waals surface area (Å²) in [5.41, 5.74) is 1.48. The van der Waals surface area contributed by atoms with Crippen LogP contribution in [0, 0.1) is 6.92 Å². The van der Waals surface area contributed by atoms with Gasteiger partial charge >= 0.3 is 0 Å². The minimum atomic E-state index is -3.76. The summed E-state index contributed by atoms with van der Waals surface area (Å²) in [6.45, 7) is 1.74. The third-order valence-corrected chi connectivity index (χ3v) is 4.59. The second-order valence-electron chi connectivity index (χ2n) is 4.66. The zero-order chi connectivity index (χ0) is 15.0. The van der Waals surface area contributed by atoms with E-state index in [0.717, 1.165) is 0 Å². The van der Waals surface area contributed by atoms with E-state index in [0.29, 0.717) is 22.3 Å². The smallest absolute Gasteiger partial charge is 0.264 e. The van der Waals surface area contributed by atoms with Gasteiger partial charge in [-0.1, -0.05) is 6.07 Å². The van der Waals surface area contributed by atoms with Crippen LogP contribution in [-0.4, -0.2) is 23.5 Å². The van der Waals surface area contributed by atoms with E-state index in [1.54, 1.807) is 37.4 Å². The van der Waals surface area contributed by atoms with Crippen LogP contribution in [0.2, 0.25) is 0 Å². The number of anilines is 1. The number of phenols is 1. The maximum absolute atomic E-state index is 12.4. The number of H-pyrrole nitrogens is 1. The molecule has 0 saturated carbocycles. The molecular weight excluding hydrogens is 290 g/mol. The number of hydrogen-bond donors (Lipinski definition) is 3. The average molecular weight is 303 g/mol. The highest BCUT2D eigenvalue weighted by Gasteiger charge is 2.19. The quantitative estimate of drug-likeness (QED) is 0.692. The van der Waals surface area contributed by atoms with Crippen molar-refractivity contribution in [2.45, 2.75) is 11.8 Å². The van der Waals surface area contributed by atoms with Crippen molar-refractivity contribution < 1.29 is 13.5 Å². The molecule has 7 heteroatoms.